The molecule has 0 unspecified atom stereocenters. The Bertz CT molecular complexity index is 408. The molecule has 2 aliphatic heterocycles. The van der Waals surface area contributed by atoms with E-state index in [1.165, 1.54) is 0 Å². The van der Waals surface area contributed by atoms with E-state index < -0.39 is 42.3 Å². The third-order valence-electron chi connectivity index (χ3n) is 3.38. The number of unbranched alkanes of at least 4 members (excludes halogenated alkanes) is 3. The number of carbonyl (C=O) groups is 3. The smallest absolute Gasteiger partial charge is 0.388 e. The molecule has 20 heavy (non-hydrogen) atoms. The summed E-state index contributed by atoms with van der Waals surface area (Å²) < 4.78 is 14.9. The summed E-state index contributed by atoms with van der Waals surface area (Å²) in [5.74, 6) is -4.70. The predicted octanol–water partition coefficient (Wildman–Crippen LogP) is 0.779. The van der Waals surface area contributed by atoms with Crippen molar-refractivity contribution in [3.05, 3.63) is 0 Å². The highest BCUT2D eigenvalue weighted by Gasteiger charge is 2.58. The molecule has 0 radical (unpaired) electrons. The topological polar surface area (TPSA) is 99.1 Å². The van der Waals surface area contributed by atoms with Crippen LogP contribution >= 0.6 is 0 Å². The lowest BCUT2D eigenvalue weighted by atomic mass is 9.96. The van der Waals surface area contributed by atoms with Crippen LogP contribution in [0.25, 0.3) is 0 Å². The molecule has 112 valence electrons. The predicted molar refractivity (Wildman–Crippen MR) is 63.9 cm³/mol. The van der Waals surface area contributed by atoms with E-state index in [4.69, 9.17) is 14.2 Å². The fraction of sp³-hybridized carbons (Fsp3) is 0.769. The summed E-state index contributed by atoms with van der Waals surface area (Å²) in [7, 11) is 0. The molecule has 0 aromatic rings. The van der Waals surface area contributed by atoms with Crippen LogP contribution < -0.4 is 0 Å². The molecule has 1 N–H and O–H groups in total. The minimum absolute atomic E-state index is 0.0757. The van der Waals surface area contributed by atoms with Gasteiger partial charge in [-0.3, -0.25) is 9.59 Å². The fourth-order valence-corrected chi connectivity index (χ4v) is 2.32. The second-order valence-corrected chi connectivity index (χ2v) is 5.22. The van der Waals surface area contributed by atoms with Crippen LogP contribution in [0.5, 0.6) is 0 Å². The molecule has 0 atom stereocenters. The summed E-state index contributed by atoms with van der Waals surface area (Å²) in [5.41, 5.74) is -2.18. The molecule has 2 bridgehead atoms. The van der Waals surface area contributed by atoms with Crippen LogP contribution in [-0.4, -0.2) is 34.6 Å². The van der Waals surface area contributed by atoms with Gasteiger partial charge in [-0.1, -0.05) is 26.2 Å². The molecule has 2 aliphatic rings. The third kappa shape index (κ3) is 2.92. The highest BCUT2D eigenvalue weighted by molar-refractivity contribution is 5.92. The number of hydrogen-bond donors (Lipinski definition) is 1. The monoisotopic (exact) mass is 286 g/mol. The summed E-state index contributed by atoms with van der Waals surface area (Å²) >= 11 is 0. The molecule has 2 heterocycles. The molecular weight excluding hydrogens is 268 g/mol. The zero-order valence-corrected chi connectivity index (χ0v) is 11.3. The second-order valence-electron chi connectivity index (χ2n) is 5.22. The van der Waals surface area contributed by atoms with E-state index >= 15 is 0 Å². The van der Waals surface area contributed by atoms with Crippen LogP contribution in [0.15, 0.2) is 0 Å². The number of esters is 3. The zero-order chi connectivity index (χ0) is 14.8. The van der Waals surface area contributed by atoms with Crippen molar-refractivity contribution >= 4 is 17.9 Å². The first-order valence-electron chi connectivity index (χ1n) is 6.79. The highest BCUT2D eigenvalue weighted by atomic mass is 16.9. The first-order valence-corrected chi connectivity index (χ1v) is 6.79. The average Bonchev–Trinajstić information content (AvgIpc) is 2.45. The number of ether oxygens (including phenoxy) is 3. The van der Waals surface area contributed by atoms with Gasteiger partial charge < -0.3 is 19.3 Å². The van der Waals surface area contributed by atoms with Crippen molar-refractivity contribution in [3.63, 3.8) is 0 Å². The maximum atomic E-state index is 11.9. The fourth-order valence-electron chi connectivity index (χ4n) is 2.32. The molecule has 0 amide bonds. The SMILES string of the molecule is CCCCCCC12OC(=O)CC(O)(CC(=O)O1)C(=O)O2. The van der Waals surface area contributed by atoms with Crippen LogP contribution in [0, 0.1) is 0 Å². The first kappa shape index (κ1) is 14.8. The Labute approximate surface area is 116 Å². The van der Waals surface area contributed by atoms with Gasteiger partial charge >= 0.3 is 23.9 Å². The van der Waals surface area contributed by atoms with Gasteiger partial charge in [0.05, 0.1) is 19.3 Å². The van der Waals surface area contributed by atoms with Crippen molar-refractivity contribution < 1.29 is 33.7 Å². The van der Waals surface area contributed by atoms with Crippen molar-refractivity contribution in [2.24, 2.45) is 0 Å². The standard InChI is InChI=1S/C13H18O7/c1-2-3-4-5-6-13-18-9(14)7-12(17,11(16)20-13)8-10(15)19-13/h17H,2-8H2,1H3. The summed E-state index contributed by atoms with van der Waals surface area (Å²) in [6.07, 6.45) is 2.25. The van der Waals surface area contributed by atoms with Crippen molar-refractivity contribution in [3.8, 4) is 0 Å². The van der Waals surface area contributed by atoms with Gasteiger partial charge in [-0.2, -0.15) is 0 Å². The molecule has 7 heteroatoms. The van der Waals surface area contributed by atoms with E-state index in [0.29, 0.717) is 6.42 Å². The van der Waals surface area contributed by atoms with Crippen LogP contribution in [0.4, 0.5) is 0 Å². The van der Waals surface area contributed by atoms with Gasteiger partial charge in [0.1, 0.15) is 0 Å². The van der Waals surface area contributed by atoms with E-state index in [-0.39, 0.29) is 6.42 Å². The van der Waals surface area contributed by atoms with Crippen molar-refractivity contribution in [1.82, 2.24) is 0 Å². The minimum Gasteiger partial charge on any atom is -0.388 e. The molecule has 2 fully saturated rings. The molecule has 0 aromatic heterocycles. The first-order chi connectivity index (χ1) is 9.39. The number of rotatable bonds is 5. The molecule has 0 spiro atoms. The van der Waals surface area contributed by atoms with Crippen molar-refractivity contribution in [2.75, 3.05) is 0 Å². The van der Waals surface area contributed by atoms with Gasteiger partial charge in [0.25, 0.3) is 0 Å². The maximum Gasteiger partial charge on any atom is 0.423 e. The quantitative estimate of drug-likeness (QED) is 0.589. The minimum atomic E-state index is -2.18. The van der Waals surface area contributed by atoms with Crippen LogP contribution in [-0.2, 0) is 28.6 Å². The van der Waals surface area contributed by atoms with Gasteiger partial charge in [-0.15, -0.1) is 0 Å². The van der Waals surface area contributed by atoms with Crippen molar-refractivity contribution in [1.29, 1.82) is 0 Å². The highest BCUT2D eigenvalue weighted by Crippen LogP contribution is 2.36. The summed E-state index contributed by atoms with van der Waals surface area (Å²) in [6, 6.07) is 0. The Morgan fingerprint density at radius 2 is 1.60 bits per heavy atom. The Balaban J connectivity index is 2.18. The third-order valence-corrected chi connectivity index (χ3v) is 3.38. The summed E-state index contributed by atoms with van der Waals surface area (Å²) in [6.45, 7) is 2.04. The van der Waals surface area contributed by atoms with Gasteiger partial charge in [-0.05, 0) is 6.42 Å². The second kappa shape index (κ2) is 5.40. The molecule has 2 rings (SSSR count). The average molecular weight is 286 g/mol. The lowest BCUT2D eigenvalue weighted by molar-refractivity contribution is -0.326. The largest absolute Gasteiger partial charge is 0.423 e. The molecule has 2 saturated heterocycles. The van der Waals surface area contributed by atoms with Crippen LogP contribution in [0.2, 0.25) is 0 Å². The van der Waals surface area contributed by atoms with E-state index in [0.717, 1.165) is 19.3 Å². The van der Waals surface area contributed by atoms with Gasteiger partial charge in [-0.25, -0.2) is 4.79 Å². The summed E-state index contributed by atoms with van der Waals surface area (Å²) in [4.78, 5) is 35.2. The van der Waals surface area contributed by atoms with E-state index in [1.54, 1.807) is 0 Å². The lowest BCUT2D eigenvalue weighted by Gasteiger charge is -2.28. The number of hydrogen-bond acceptors (Lipinski definition) is 7. The molecule has 0 aliphatic carbocycles. The Morgan fingerprint density at radius 3 is 2.15 bits per heavy atom. The summed E-state index contributed by atoms with van der Waals surface area (Å²) in [5, 5.41) is 10.0. The van der Waals surface area contributed by atoms with Gasteiger partial charge in [0, 0.05) is 0 Å². The Hall–Kier alpha value is -1.63. The van der Waals surface area contributed by atoms with E-state index in [9.17, 15) is 19.5 Å². The van der Waals surface area contributed by atoms with Gasteiger partial charge in [0.15, 0.2) is 5.60 Å². The molecule has 7 nitrogen and oxygen atoms in total. The van der Waals surface area contributed by atoms with Crippen molar-refractivity contribution in [2.45, 2.75) is 63.4 Å². The Morgan fingerprint density at radius 1 is 1.00 bits per heavy atom. The zero-order valence-electron chi connectivity index (χ0n) is 11.3. The number of aliphatic hydroxyl groups is 1. The Kier molecular flexibility index (Phi) is 3.99. The van der Waals surface area contributed by atoms with Crippen LogP contribution in [0.3, 0.4) is 0 Å². The molecular formula is C13H18O7. The van der Waals surface area contributed by atoms with E-state index in [1.807, 2.05) is 6.92 Å². The number of fused-ring (bicyclic) bond motifs is 3. The van der Waals surface area contributed by atoms with Crippen LogP contribution in [0.1, 0.15) is 51.9 Å². The molecule has 0 aromatic carbocycles. The number of carbonyl (C=O) groups excluding carboxylic acids is 3. The normalized spacial score (nSPS) is 33.0. The lowest BCUT2D eigenvalue weighted by Crippen LogP contribution is -2.42. The molecule has 0 saturated carbocycles. The maximum absolute atomic E-state index is 11.9. The van der Waals surface area contributed by atoms with Gasteiger partial charge in [0.2, 0.25) is 0 Å². The van der Waals surface area contributed by atoms with E-state index in [2.05, 4.69) is 0 Å².